The molecule has 10 unspecified atom stereocenters. The van der Waals surface area contributed by atoms with E-state index in [9.17, 15) is 61.3 Å². The summed E-state index contributed by atoms with van der Waals surface area (Å²) in [5, 5.41) is 124. The highest BCUT2D eigenvalue weighted by atomic mass is 16.4. The highest BCUT2D eigenvalue weighted by molar-refractivity contribution is 4.85. The van der Waals surface area contributed by atoms with Gasteiger partial charge in [-0.15, -0.1) is 0 Å². The highest BCUT2D eigenvalue weighted by Gasteiger charge is 2.36. The Morgan fingerprint density at radius 1 is 0.340 bits per heavy atom. The van der Waals surface area contributed by atoms with Crippen LogP contribution in [0.15, 0.2) is 0 Å². The van der Waals surface area contributed by atoms with Crippen molar-refractivity contribution >= 4 is 0 Å². The van der Waals surface area contributed by atoms with E-state index in [0.717, 1.165) is 51.4 Å². The Bertz CT molecular complexity index is 744. The van der Waals surface area contributed by atoms with Crippen LogP contribution in [0.2, 0.25) is 0 Å². The maximum Gasteiger partial charge on any atom is 0.111 e. The largest absolute Gasteiger partial charge is 0.394 e. The van der Waals surface area contributed by atoms with Crippen LogP contribution in [0.4, 0.5) is 0 Å². The number of hydrogen-bond acceptors (Lipinski definition) is 14. The molecule has 0 rings (SSSR count). The van der Waals surface area contributed by atoms with Crippen molar-refractivity contribution in [1.29, 1.82) is 0 Å². The van der Waals surface area contributed by atoms with Crippen molar-refractivity contribution in [2.24, 2.45) is 0 Å². The van der Waals surface area contributed by atoms with Gasteiger partial charge < -0.3 is 61.3 Å². The topological polar surface area (TPSA) is 249 Å². The molecule has 0 spiro atoms. The third-order valence-corrected chi connectivity index (χ3v) is 10.3. The predicted molar refractivity (Wildman–Crippen MR) is 205 cm³/mol. The van der Waals surface area contributed by atoms with Crippen LogP contribution in [0.25, 0.3) is 0 Å². The zero-order valence-corrected chi connectivity index (χ0v) is 33.1. The Kier molecular flexibility index (Phi) is 33.2. The van der Waals surface area contributed by atoms with Crippen LogP contribution in [0, 0.1) is 0 Å². The number of aliphatic hydroxyl groups excluding tert-OH is 12. The normalized spacial score (nSPS) is 18.1. The van der Waals surface area contributed by atoms with E-state index >= 15 is 0 Å². The fourth-order valence-electron chi connectivity index (χ4n) is 6.60. The van der Waals surface area contributed by atoms with Gasteiger partial charge in [0.2, 0.25) is 0 Å². The van der Waals surface area contributed by atoms with Crippen LogP contribution in [0.5, 0.6) is 0 Å². The van der Waals surface area contributed by atoms with Gasteiger partial charge in [0.15, 0.2) is 0 Å². The fourth-order valence-corrected chi connectivity index (χ4v) is 6.60. The molecule has 0 aromatic carbocycles. The molecule has 0 heterocycles. The van der Waals surface area contributed by atoms with Crippen molar-refractivity contribution in [1.82, 2.24) is 9.80 Å². The van der Waals surface area contributed by atoms with Gasteiger partial charge in [-0.25, -0.2) is 0 Å². The number of nitrogens with zero attached hydrogens (tertiary/aromatic N) is 2. The summed E-state index contributed by atoms with van der Waals surface area (Å²) >= 11 is 0. The van der Waals surface area contributed by atoms with Crippen molar-refractivity contribution in [3.05, 3.63) is 0 Å². The monoisotopic (exact) mass is 771 g/mol. The second-order valence-electron chi connectivity index (χ2n) is 15.2. The van der Waals surface area contributed by atoms with E-state index in [0.29, 0.717) is 12.8 Å². The van der Waals surface area contributed by atoms with Crippen molar-refractivity contribution in [2.75, 3.05) is 33.0 Å². The number of hydrogen-bond donors (Lipinski definition) is 12. The summed E-state index contributed by atoms with van der Waals surface area (Å²) < 4.78 is 0. The number of unbranched alkanes of at least 4 members (excludes halogenated alkanes) is 18. The molecule has 0 radical (unpaired) electrons. The lowest BCUT2D eigenvalue weighted by molar-refractivity contribution is -0.152. The molecular formula is C39H82N2O12. The first-order valence-corrected chi connectivity index (χ1v) is 20.9. The summed E-state index contributed by atoms with van der Waals surface area (Å²) in [6, 6.07) is 0. The first kappa shape index (κ1) is 52.4. The summed E-state index contributed by atoms with van der Waals surface area (Å²) in [5.74, 6) is 0. The molecule has 12 N–H and O–H groups in total. The molecule has 0 aliphatic heterocycles. The minimum absolute atomic E-state index is 0.274. The number of rotatable bonds is 38. The van der Waals surface area contributed by atoms with Crippen molar-refractivity contribution in [2.45, 2.75) is 216 Å². The summed E-state index contributed by atoms with van der Waals surface area (Å²) in [5.41, 5.74) is 0. The summed E-state index contributed by atoms with van der Waals surface area (Å²) in [6.07, 6.45) is 5.47. The van der Waals surface area contributed by atoms with Gasteiger partial charge in [0.25, 0.3) is 0 Å². The van der Waals surface area contributed by atoms with Crippen LogP contribution < -0.4 is 0 Å². The Morgan fingerprint density at radius 2 is 0.585 bits per heavy atom. The van der Waals surface area contributed by atoms with Gasteiger partial charge in [-0.3, -0.25) is 9.80 Å². The maximum absolute atomic E-state index is 11.3. The maximum atomic E-state index is 11.3. The van der Waals surface area contributed by atoms with Gasteiger partial charge in [0.05, 0.1) is 32.1 Å². The minimum Gasteiger partial charge on any atom is -0.394 e. The smallest absolute Gasteiger partial charge is 0.111 e. The predicted octanol–water partition coefficient (Wildman–Crippen LogP) is 1.68. The van der Waals surface area contributed by atoms with Gasteiger partial charge in [-0.1, -0.05) is 129 Å². The lowest BCUT2D eigenvalue weighted by atomic mass is 10.0. The Labute approximate surface area is 320 Å². The fraction of sp³-hybridized carbons (Fsp3) is 1.00. The zero-order valence-electron chi connectivity index (χ0n) is 33.1. The van der Waals surface area contributed by atoms with Gasteiger partial charge in [-0.2, -0.15) is 0 Å². The molecule has 0 aliphatic rings. The summed E-state index contributed by atoms with van der Waals surface area (Å²) in [6.45, 7) is 1.53. The van der Waals surface area contributed by atoms with Crippen molar-refractivity contribution in [3.8, 4) is 0 Å². The molecule has 0 aromatic rings. The van der Waals surface area contributed by atoms with Gasteiger partial charge in [0, 0.05) is 13.1 Å². The molecule has 14 nitrogen and oxygen atoms in total. The molecule has 0 aromatic heterocycles. The molecule has 0 aliphatic carbocycles. The van der Waals surface area contributed by atoms with Crippen LogP contribution in [0.1, 0.15) is 155 Å². The SMILES string of the molecule is CCCCCCCCCCCCC(O)N(CC(O)C(O)C(O)C(O)CO)CN(CC(O)C(O)C(O)C(O)CO)C(O)CCCCCCCCCCCC. The molecule has 0 bridgehead atoms. The molecule has 0 saturated carbocycles. The molecule has 0 saturated heterocycles. The standard InChI is InChI=1S/C39H82N2O12/c1-3-5-7-9-11-13-15-17-19-21-23-34(48)40(25-30(44)36(50)38(52)32(46)27-42)29-41(26-31(45)37(51)39(53)33(47)28-43)35(49)24-22-20-18-16-14-12-10-8-6-4-2/h30-39,42-53H,3-29H2,1-2H3. The Balaban J connectivity index is 5.72. The zero-order chi connectivity index (χ0) is 40.0. The molecule has 0 amide bonds. The molecule has 320 valence electrons. The molecule has 10 atom stereocenters. The highest BCUT2D eigenvalue weighted by Crippen LogP contribution is 2.19. The summed E-state index contributed by atoms with van der Waals surface area (Å²) in [4.78, 5) is 2.72. The van der Waals surface area contributed by atoms with E-state index in [1.165, 1.54) is 74.0 Å². The first-order valence-electron chi connectivity index (χ1n) is 20.9. The van der Waals surface area contributed by atoms with E-state index in [2.05, 4.69) is 13.8 Å². The average molecular weight is 771 g/mol. The van der Waals surface area contributed by atoms with Crippen LogP contribution >= 0.6 is 0 Å². The van der Waals surface area contributed by atoms with Gasteiger partial charge in [0.1, 0.15) is 49.1 Å². The Hall–Kier alpha value is -0.560. The van der Waals surface area contributed by atoms with Crippen LogP contribution in [0.3, 0.4) is 0 Å². The van der Waals surface area contributed by atoms with Crippen molar-refractivity contribution < 1.29 is 61.3 Å². The van der Waals surface area contributed by atoms with E-state index in [1.54, 1.807) is 0 Å². The van der Waals surface area contributed by atoms with E-state index < -0.39 is 87.6 Å². The number of aliphatic hydroxyl groups is 12. The summed E-state index contributed by atoms with van der Waals surface area (Å²) in [7, 11) is 0. The first-order chi connectivity index (χ1) is 25.4. The minimum atomic E-state index is -1.89. The second-order valence-corrected chi connectivity index (χ2v) is 15.2. The van der Waals surface area contributed by atoms with Crippen LogP contribution in [-0.4, -0.2) is 165 Å². The third-order valence-electron chi connectivity index (χ3n) is 10.3. The molecular weight excluding hydrogens is 688 g/mol. The third kappa shape index (κ3) is 24.6. The van der Waals surface area contributed by atoms with E-state index in [4.69, 9.17) is 0 Å². The lowest BCUT2D eigenvalue weighted by Gasteiger charge is -2.39. The lowest BCUT2D eigenvalue weighted by Crippen LogP contribution is -2.57. The Morgan fingerprint density at radius 3 is 0.849 bits per heavy atom. The molecule has 53 heavy (non-hydrogen) atoms. The van der Waals surface area contributed by atoms with Crippen molar-refractivity contribution in [3.63, 3.8) is 0 Å². The van der Waals surface area contributed by atoms with Gasteiger partial charge >= 0.3 is 0 Å². The molecule has 0 fully saturated rings. The quantitative estimate of drug-likeness (QED) is 0.0316. The van der Waals surface area contributed by atoms with Gasteiger partial charge in [-0.05, 0) is 25.7 Å². The van der Waals surface area contributed by atoms with E-state index in [1.807, 2.05) is 0 Å². The van der Waals surface area contributed by atoms with Crippen LogP contribution in [-0.2, 0) is 0 Å². The van der Waals surface area contributed by atoms with E-state index in [-0.39, 0.29) is 19.5 Å². The average Bonchev–Trinajstić information content (AvgIpc) is 3.16. The molecule has 14 heteroatoms. The second kappa shape index (κ2) is 33.6.